The molecule has 1 aliphatic heterocycles. The smallest absolute Gasteiger partial charge is 0.308 e. The average Bonchev–Trinajstić information content (AvgIpc) is 3.19. The van der Waals surface area contributed by atoms with Crippen LogP contribution in [-0.2, 0) is 23.9 Å². The van der Waals surface area contributed by atoms with E-state index >= 15 is 0 Å². The maximum absolute atomic E-state index is 13.0. The minimum Gasteiger partial charge on any atom is -0.460 e. The highest BCUT2D eigenvalue weighted by atomic mass is 35.5. The number of esters is 1. The van der Waals surface area contributed by atoms with Gasteiger partial charge in [-0.05, 0) is 57.2 Å². The number of benzene rings is 1. The molecule has 2 N–H and O–H groups in total. The minimum atomic E-state index is -1.18. The molecule has 1 fully saturated rings. The van der Waals surface area contributed by atoms with E-state index in [-0.39, 0.29) is 18.9 Å². The van der Waals surface area contributed by atoms with Crippen molar-refractivity contribution >= 4 is 58.0 Å². The molecule has 0 spiro atoms. The first-order valence-electron chi connectivity index (χ1n) is 10.6. The number of nitrogens with zero attached hydrogens (tertiary/aromatic N) is 1. The van der Waals surface area contributed by atoms with Gasteiger partial charge in [-0.15, -0.1) is 11.3 Å². The predicted molar refractivity (Wildman–Crippen MR) is 129 cm³/mol. The van der Waals surface area contributed by atoms with Gasteiger partial charge in [-0.1, -0.05) is 11.6 Å². The van der Waals surface area contributed by atoms with Crippen molar-refractivity contribution < 1.29 is 28.7 Å². The van der Waals surface area contributed by atoms with Gasteiger partial charge in [-0.3, -0.25) is 19.2 Å². The summed E-state index contributed by atoms with van der Waals surface area (Å²) in [6.07, 6.45) is -0.353. The number of hydrogen-bond acceptors (Lipinski definition) is 7. The fraction of sp³-hybridized carbons (Fsp3) is 0.391. The Morgan fingerprint density at radius 2 is 1.88 bits per heavy atom. The zero-order valence-corrected chi connectivity index (χ0v) is 20.6. The van der Waals surface area contributed by atoms with Gasteiger partial charge in [0.1, 0.15) is 18.2 Å². The summed E-state index contributed by atoms with van der Waals surface area (Å²) in [5.74, 6) is -1.88. The van der Waals surface area contributed by atoms with Gasteiger partial charge in [0, 0.05) is 17.9 Å². The van der Waals surface area contributed by atoms with Gasteiger partial charge in [0.05, 0.1) is 22.2 Å². The van der Waals surface area contributed by atoms with Crippen LogP contribution in [0.3, 0.4) is 0 Å². The standard InChI is InChI=1S/C23H26ClN3O6S/c1-23(2,3)33-20(29)12-16(26-22(31)17-8-9-18(24)34-17)21(30)25-14-4-6-15(7-5-14)27-10-11-32-13-19(27)28/h4-9,16H,10-13H2,1-3H3,(H,25,30)(H,26,31). The number of carbonyl (C=O) groups is 4. The number of anilines is 2. The molecule has 0 radical (unpaired) electrons. The Morgan fingerprint density at radius 3 is 2.47 bits per heavy atom. The first kappa shape index (κ1) is 25.7. The van der Waals surface area contributed by atoms with E-state index in [4.69, 9.17) is 21.1 Å². The van der Waals surface area contributed by atoms with E-state index in [0.29, 0.717) is 33.7 Å². The molecule has 1 aromatic heterocycles. The van der Waals surface area contributed by atoms with Crippen molar-refractivity contribution in [1.82, 2.24) is 5.32 Å². The Balaban J connectivity index is 1.71. The van der Waals surface area contributed by atoms with Gasteiger partial charge in [-0.2, -0.15) is 0 Å². The lowest BCUT2D eigenvalue weighted by atomic mass is 10.1. The molecule has 1 aliphatic rings. The van der Waals surface area contributed by atoms with Crippen LogP contribution in [0.2, 0.25) is 4.34 Å². The molecular formula is C23H26ClN3O6S. The summed E-state index contributed by atoms with van der Waals surface area (Å²) >= 11 is 6.96. The molecule has 0 aliphatic carbocycles. The highest BCUT2D eigenvalue weighted by molar-refractivity contribution is 7.18. The number of rotatable bonds is 7. The second-order valence-corrected chi connectivity index (χ2v) is 10.3. The monoisotopic (exact) mass is 507 g/mol. The highest BCUT2D eigenvalue weighted by Crippen LogP contribution is 2.22. The number of carbonyl (C=O) groups excluding carboxylic acids is 4. The fourth-order valence-corrected chi connectivity index (χ4v) is 4.12. The molecule has 182 valence electrons. The van der Waals surface area contributed by atoms with E-state index in [9.17, 15) is 19.2 Å². The molecule has 2 aromatic rings. The SMILES string of the molecule is CC(C)(C)OC(=O)CC(NC(=O)c1ccc(Cl)s1)C(=O)Nc1ccc(N2CCOCC2=O)cc1. The van der Waals surface area contributed by atoms with Crippen LogP contribution in [0, 0.1) is 0 Å². The third-order valence-corrected chi connectivity index (χ3v) is 5.87. The second-order valence-electron chi connectivity index (χ2n) is 8.55. The van der Waals surface area contributed by atoms with E-state index in [2.05, 4.69) is 10.6 Å². The molecule has 1 saturated heterocycles. The quantitative estimate of drug-likeness (QED) is 0.556. The maximum atomic E-state index is 13.0. The molecule has 1 atom stereocenters. The number of nitrogens with one attached hydrogen (secondary N) is 2. The largest absolute Gasteiger partial charge is 0.460 e. The summed E-state index contributed by atoms with van der Waals surface area (Å²) in [6, 6.07) is 8.62. The fourth-order valence-electron chi connectivity index (χ4n) is 3.17. The maximum Gasteiger partial charge on any atom is 0.308 e. The number of halogens is 1. The van der Waals surface area contributed by atoms with E-state index in [1.807, 2.05) is 0 Å². The van der Waals surface area contributed by atoms with Crippen LogP contribution in [0.4, 0.5) is 11.4 Å². The van der Waals surface area contributed by atoms with Crippen molar-refractivity contribution in [3.8, 4) is 0 Å². The molecule has 3 rings (SSSR count). The molecule has 0 bridgehead atoms. The van der Waals surface area contributed by atoms with E-state index in [0.717, 1.165) is 11.3 Å². The Bertz CT molecular complexity index is 1060. The number of amides is 3. The topological polar surface area (TPSA) is 114 Å². The molecular weight excluding hydrogens is 482 g/mol. The number of morpholine rings is 1. The third-order valence-electron chi connectivity index (χ3n) is 4.64. The minimum absolute atomic E-state index is 0.0278. The van der Waals surface area contributed by atoms with E-state index in [1.165, 1.54) is 6.07 Å². The lowest BCUT2D eigenvalue weighted by Crippen LogP contribution is -2.45. The Morgan fingerprint density at radius 1 is 1.18 bits per heavy atom. The second kappa shape index (κ2) is 11.0. The van der Waals surface area contributed by atoms with Gasteiger partial charge in [0.25, 0.3) is 11.8 Å². The molecule has 1 unspecified atom stereocenters. The Hall–Kier alpha value is -2.95. The van der Waals surface area contributed by atoms with Crippen LogP contribution >= 0.6 is 22.9 Å². The summed E-state index contributed by atoms with van der Waals surface area (Å²) in [4.78, 5) is 51.9. The molecule has 11 heteroatoms. The summed E-state index contributed by atoms with van der Waals surface area (Å²) < 4.78 is 10.9. The Labute approximate surface area is 206 Å². The molecule has 3 amide bonds. The van der Waals surface area contributed by atoms with Crippen molar-refractivity contribution in [2.75, 3.05) is 30.0 Å². The van der Waals surface area contributed by atoms with Crippen molar-refractivity contribution in [3.05, 3.63) is 45.6 Å². The normalized spacial score (nSPS) is 14.9. The number of thiophene rings is 1. The number of hydrogen-bond donors (Lipinski definition) is 2. The first-order valence-corrected chi connectivity index (χ1v) is 11.8. The predicted octanol–water partition coefficient (Wildman–Crippen LogP) is 3.23. The first-order chi connectivity index (χ1) is 16.0. The van der Waals surface area contributed by atoms with Crippen LogP contribution < -0.4 is 15.5 Å². The molecule has 0 saturated carbocycles. The van der Waals surface area contributed by atoms with Crippen molar-refractivity contribution in [1.29, 1.82) is 0 Å². The van der Waals surface area contributed by atoms with Crippen LogP contribution in [0.1, 0.15) is 36.9 Å². The lowest BCUT2D eigenvalue weighted by molar-refractivity contribution is -0.156. The summed E-state index contributed by atoms with van der Waals surface area (Å²) in [7, 11) is 0. The molecule has 2 heterocycles. The Kier molecular flexibility index (Phi) is 8.29. The molecule has 1 aromatic carbocycles. The molecule has 9 nitrogen and oxygen atoms in total. The van der Waals surface area contributed by atoms with Gasteiger partial charge in [0.15, 0.2) is 0 Å². The van der Waals surface area contributed by atoms with Gasteiger partial charge < -0.3 is 25.0 Å². The number of ether oxygens (including phenoxy) is 2. The van der Waals surface area contributed by atoms with Crippen LogP contribution in [0.25, 0.3) is 0 Å². The van der Waals surface area contributed by atoms with Crippen molar-refractivity contribution in [3.63, 3.8) is 0 Å². The van der Waals surface area contributed by atoms with Gasteiger partial charge >= 0.3 is 5.97 Å². The van der Waals surface area contributed by atoms with Crippen LogP contribution in [0.15, 0.2) is 36.4 Å². The van der Waals surface area contributed by atoms with Crippen LogP contribution in [0.5, 0.6) is 0 Å². The molecule has 34 heavy (non-hydrogen) atoms. The zero-order valence-electron chi connectivity index (χ0n) is 19.1. The summed E-state index contributed by atoms with van der Waals surface area (Å²) in [5, 5.41) is 5.29. The van der Waals surface area contributed by atoms with Gasteiger partial charge in [0.2, 0.25) is 5.91 Å². The summed E-state index contributed by atoms with van der Waals surface area (Å²) in [6.45, 7) is 6.07. The van der Waals surface area contributed by atoms with Crippen LogP contribution in [-0.4, -0.2) is 55.1 Å². The highest BCUT2D eigenvalue weighted by Gasteiger charge is 2.28. The zero-order chi connectivity index (χ0) is 24.9. The third kappa shape index (κ3) is 7.28. The van der Waals surface area contributed by atoms with E-state index in [1.54, 1.807) is 56.0 Å². The summed E-state index contributed by atoms with van der Waals surface area (Å²) in [5.41, 5.74) is 0.382. The van der Waals surface area contributed by atoms with Crippen molar-refractivity contribution in [2.24, 2.45) is 0 Å². The lowest BCUT2D eigenvalue weighted by Gasteiger charge is -2.27. The van der Waals surface area contributed by atoms with Gasteiger partial charge in [-0.25, -0.2) is 0 Å². The van der Waals surface area contributed by atoms with Crippen molar-refractivity contribution in [2.45, 2.75) is 38.8 Å². The average molecular weight is 508 g/mol. The van der Waals surface area contributed by atoms with E-state index < -0.39 is 29.4 Å².